The molecule has 0 saturated heterocycles. The summed E-state index contributed by atoms with van der Waals surface area (Å²) in [5.74, 6) is -1.02. The van der Waals surface area contributed by atoms with Crippen molar-refractivity contribution in [3.05, 3.63) is 0 Å². The first-order valence-electron chi connectivity index (χ1n) is 6.60. The Hall–Kier alpha value is -1.10. The fourth-order valence-corrected chi connectivity index (χ4v) is 2.28. The average Bonchev–Trinajstić information content (AvgIpc) is 2.72. The summed E-state index contributed by atoms with van der Waals surface area (Å²) < 4.78 is 0. The normalized spacial score (nSPS) is 21.3. The molecule has 1 fully saturated rings. The molecule has 0 spiro atoms. The Morgan fingerprint density at radius 2 is 1.94 bits per heavy atom. The van der Waals surface area contributed by atoms with Gasteiger partial charge in [0.1, 0.15) is 0 Å². The second-order valence-corrected chi connectivity index (χ2v) is 5.74. The first kappa shape index (κ1) is 15.0. The van der Waals surface area contributed by atoms with Gasteiger partial charge in [0.15, 0.2) is 0 Å². The summed E-state index contributed by atoms with van der Waals surface area (Å²) in [5.41, 5.74) is 4.84. The lowest BCUT2D eigenvalue weighted by atomic mass is 9.87. The number of carbonyl (C=O) groups is 2. The van der Waals surface area contributed by atoms with Crippen LogP contribution in [0.4, 0.5) is 0 Å². The fourth-order valence-electron chi connectivity index (χ4n) is 2.28. The number of carboxylic acid groups (broad SMARTS) is 1. The number of nitrogens with two attached hydrogens (primary N) is 1. The van der Waals surface area contributed by atoms with E-state index in [-0.39, 0.29) is 18.0 Å². The van der Waals surface area contributed by atoms with Gasteiger partial charge in [-0.05, 0) is 26.2 Å². The third-order valence-electron chi connectivity index (χ3n) is 4.08. The Labute approximate surface area is 108 Å². The van der Waals surface area contributed by atoms with Gasteiger partial charge in [-0.25, -0.2) is 0 Å². The van der Waals surface area contributed by atoms with Crippen LogP contribution in [0.15, 0.2) is 0 Å². The van der Waals surface area contributed by atoms with Gasteiger partial charge in [-0.1, -0.05) is 19.8 Å². The number of hydrogen-bond donors (Lipinski definition) is 3. The van der Waals surface area contributed by atoms with E-state index in [0.717, 1.165) is 25.7 Å². The molecule has 1 saturated carbocycles. The first-order chi connectivity index (χ1) is 8.31. The smallest absolute Gasteiger partial charge is 0.311 e. The maximum Gasteiger partial charge on any atom is 0.311 e. The van der Waals surface area contributed by atoms with Crippen molar-refractivity contribution < 1.29 is 14.7 Å². The molecular formula is C13H24N2O3. The van der Waals surface area contributed by atoms with Crippen LogP contribution in [0, 0.1) is 5.41 Å². The molecule has 5 nitrogen and oxygen atoms in total. The van der Waals surface area contributed by atoms with Gasteiger partial charge in [0.2, 0.25) is 5.91 Å². The summed E-state index contributed by atoms with van der Waals surface area (Å²) in [6, 6.07) is 0. The van der Waals surface area contributed by atoms with Crippen LogP contribution in [-0.2, 0) is 9.59 Å². The Bertz CT molecular complexity index is 324. The molecule has 0 heterocycles. The van der Waals surface area contributed by atoms with Crippen LogP contribution in [0.1, 0.15) is 52.4 Å². The Balaban J connectivity index is 2.43. The van der Waals surface area contributed by atoms with Crippen molar-refractivity contribution in [2.24, 2.45) is 11.1 Å². The van der Waals surface area contributed by atoms with Crippen LogP contribution < -0.4 is 11.1 Å². The molecule has 4 N–H and O–H groups in total. The highest BCUT2D eigenvalue weighted by Crippen LogP contribution is 2.30. The van der Waals surface area contributed by atoms with Crippen LogP contribution in [0.2, 0.25) is 0 Å². The van der Waals surface area contributed by atoms with Crippen LogP contribution >= 0.6 is 0 Å². The van der Waals surface area contributed by atoms with E-state index in [1.807, 2.05) is 6.92 Å². The van der Waals surface area contributed by atoms with Crippen molar-refractivity contribution in [2.45, 2.75) is 57.9 Å². The molecule has 1 aliphatic carbocycles. The minimum atomic E-state index is -0.896. The minimum Gasteiger partial charge on any atom is -0.481 e. The molecule has 1 amide bonds. The van der Waals surface area contributed by atoms with E-state index in [1.54, 1.807) is 6.92 Å². The predicted molar refractivity (Wildman–Crippen MR) is 69.0 cm³/mol. The molecular weight excluding hydrogens is 232 g/mol. The van der Waals surface area contributed by atoms with Crippen molar-refractivity contribution in [3.63, 3.8) is 0 Å². The maximum absolute atomic E-state index is 11.8. The van der Waals surface area contributed by atoms with Crippen molar-refractivity contribution in [1.29, 1.82) is 0 Å². The van der Waals surface area contributed by atoms with E-state index < -0.39 is 11.4 Å². The zero-order chi connectivity index (χ0) is 13.8. The van der Waals surface area contributed by atoms with E-state index in [4.69, 9.17) is 10.8 Å². The van der Waals surface area contributed by atoms with E-state index in [9.17, 15) is 9.59 Å². The van der Waals surface area contributed by atoms with Gasteiger partial charge in [0, 0.05) is 18.5 Å². The topological polar surface area (TPSA) is 92.4 Å². The molecule has 1 unspecified atom stereocenters. The SMILES string of the molecule is CCC(C)(CNC(=O)CC1(N)CCCC1)C(=O)O. The standard InChI is InChI=1S/C13H24N2O3/c1-3-12(2,11(17)18)9-15-10(16)8-13(14)6-4-5-7-13/h3-9,14H2,1-2H3,(H,15,16)(H,17,18). The van der Waals surface area contributed by atoms with Crippen molar-refractivity contribution in [1.82, 2.24) is 5.32 Å². The molecule has 0 aliphatic heterocycles. The Morgan fingerprint density at radius 3 is 2.39 bits per heavy atom. The number of aliphatic carboxylic acids is 1. The highest BCUT2D eigenvalue weighted by Gasteiger charge is 2.34. The summed E-state index contributed by atoms with van der Waals surface area (Å²) in [7, 11) is 0. The average molecular weight is 256 g/mol. The number of rotatable bonds is 6. The number of hydrogen-bond acceptors (Lipinski definition) is 3. The highest BCUT2D eigenvalue weighted by atomic mass is 16.4. The van der Waals surface area contributed by atoms with Crippen molar-refractivity contribution in [2.75, 3.05) is 6.54 Å². The van der Waals surface area contributed by atoms with Crippen LogP contribution in [0.5, 0.6) is 0 Å². The summed E-state index contributed by atoms with van der Waals surface area (Å²) in [6.07, 6.45) is 4.69. The highest BCUT2D eigenvalue weighted by molar-refractivity contribution is 5.79. The largest absolute Gasteiger partial charge is 0.481 e. The van der Waals surface area contributed by atoms with Crippen LogP contribution in [0.3, 0.4) is 0 Å². The van der Waals surface area contributed by atoms with Gasteiger partial charge in [-0.3, -0.25) is 9.59 Å². The fraction of sp³-hybridized carbons (Fsp3) is 0.846. The second-order valence-electron chi connectivity index (χ2n) is 5.74. The first-order valence-corrected chi connectivity index (χ1v) is 6.60. The van der Waals surface area contributed by atoms with Gasteiger partial charge >= 0.3 is 5.97 Å². The molecule has 0 radical (unpaired) electrons. The molecule has 0 aromatic rings. The van der Waals surface area contributed by atoms with E-state index in [1.165, 1.54) is 0 Å². The molecule has 1 atom stereocenters. The minimum absolute atomic E-state index is 0.139. The number of carbonyl (C=O) groups excluding carboxylic acids is 1. The van der Waals surface area contributed by atoms with E-state index in [0.29, 0.717) is 12.8 Å². The molecule has 104 valence electrons. The molecule has 0 aromatic heterocycles. The van der Waals surface area contributed by atoms with Crippen molar-refractivity contribution in [3.8, 4) is 0 Å². The van der Waals surface area contributed by atoms with Gasteiger partial charge in [-0.2, -0.15) is 0 Å². The maximum atomic E-state index is 11.8. The molecule has 18 heavy (non-hydrogen) atoms. The third kappa shape index (κ3) is 3.70. The molecule has 1 rings (SSSR count). The lowest BCUT2D eigenvalue weighted by Gasteiger charge is -2.26. The number of amides is 1. The summed E-state index contributed by atoms with van der Waals surface area (Å²) >= 11 is 0. The van der Waals surface area contributed by atoms with Gasteiger partial charge in [-0.15, -0.1) is 0 Å². The van der Waals surface area contributed by atoms with Crippen LogP contribution in [-0.4, -0.2) is 29.1 Å². The molecule has 5 heteroatoms. The van der Waals surface area contributed by atoms with Crippen molar-refractivity contribution >= 4 is 11.9 Å². The lowest BCUT2D eigenvalue weighted by Crippen LogP contribution is -2.45. The van der Waals surface area contributed by atoms with E-state index >= 15 is 0 Å². The lowest BCUT2D eigenvalue weighted by molar-refractivity contribution is -0.148. The monoisotopic (exact) mass is 256 g/mol. The Kier molecular flexibility index (Phi) is 4.73. The molecule has 0 aromatic carbocycles. The van der Waals surface area contributed by atoms with E-state index in [2.05, 4.69) is 5.32 Å². The predicted octanol–water partition coefficient (Wildman–Crippen LogP) is 1.27. The van der Waals surface area contributed by atoms with Gasteiger partial charge in [0.05, 0.1) is 5.41 Å². The number of carboxylic acids is 1. The molecule has 1 aliphatic rings. The summed E-state index contributed by atoms with van der Waals surface area (Å²) in [5, 5.41) is 11.8. The summed E-state index contributed by atoms with van der Waals surface area (Å²) in [6.45, 7) is 3.61. The van der Waals surface area contributed by atoms with Crippen LogP contribution in [0.25, 0.3) is 0 Å². The second kappa shape index (κ2) is 5.69. The quantitative estimate of drug-likeness (QED) is 0.667. The third-order valence-corrected chi connectivity index (χ3v) is 4.08. The number of nitrogens with one attached hydrogen (secondary N) is 1. The molecule has 0 bridgehead atoms. The Morgan fingerprint density at radius 1 is 1.39 bits per heavy atom. The zero-order valence-electron chi connectivity index (χ0n) is 11.3. The van der Waals surface area contributed by atoms with Gasteiger partial charge in [0.25, 0.3) is 0 Å². The summed E-state index contributed by atoms with van der Waals surface area (Å²) in [4.78, 5) is 22.9. The zero-order valence-corrected chi connectivity index (χ0v) is 11.3. The van der Waals surface area contributed by atoms with Gasteiger partial charge < -0.3 is 16.2 Å².